The number of nitrogens with zero attached hydrogens (tertiary/aromatic N) is 2. The molecule has 1 aromatic heterocycles. The van der Waals surface area contributed by atoms with Crippen molar-refractivity contribution in [2.45, 2.75) is 82.5 Å². The summed E-state index contributed by atoms with van der Waals surface area (Å²) in [5, 5.41) is 47.6. The maximum Gasteiger partial charge on any atom is 0.416 e. The molecule has 1 saturated carbocycles. The molecule has 1 saturated heterocycles. The van der Waals surface area contributed by atoms with Crippen molar-refractivity contribution in [2.75, 3.05) is 31.6 Å². The van der Waals surface area contributed by atoms with Gasteiger partial charge < -0.3 is 35.2 Å². The molecule has 1 aliphatic carbocycles. The Morgan fingerprint density at radius 3 is 2.68 bits per heavy atom. The van der Waals surface area contributed by atoms with Gasteiger partial charge in [0.05, 0.1) is 30.3 Å². The number of hydrogen-bond acceptors (Lipinski definition) is 9. The molecule has 2 aliphatic rings. The van der Waals surface area contributed by atoms with E-state index < -0.39 is 47.9 Å². The number of ether oxygens (including phenoxy) is 2. The van der Waals surface area contributed by atoms with Gasteiger partial charge in [0.1, 0.15) is 24.2 Å². The summed E-state index contributed by atoms with van der Waals surface area (Å²) in [5.74, 6) is -1.58. The lowest BCUT2D eigenvalue weighted by atomic mass is 9.89. The highest BCUT2D eigenvalue weighted by Gasteiger charge is 2.39. The lowest BCUT2D eigenvalue weighted by molar-refractivity contribution is -0.142. The van der Waals surface area contributed by atoms with Crippen molar-refractivity contribution in [3.05, 3.63) is 120 Å². The molecule has 4 aromatic rings. The largest absolute Gasteiger partial charge is 0.493 e. The molecule has 5 N–H and O–H groups in total. The third kappa shape index (κ3) is 12.3. The minimum absolute atomic E-state index is 0.0305. The van der Waals surface area contributed by atoms with Crippen LogP contribution in [0.25, 0.3) is 10.8 Å². The van der Waals surface area contributed by atoms with Crippen LogP contribution in [0.5, 0.6) is 11.5 Å². The Kier molecular flexibility index (Phi) is 15.0. The van der Waals surface area contributed by atoms with E-state index >= 15 is 0 Å². The van der Waals surface area contributed by atoms with E-state index in [0.29, 0.717) is 31.7 Å². The molecule has 7 atom stereocenters. The first kappa shape index (κ1) is 43.6. The fourth-order valence-corrected chi connectivity index (χ4v) is 8.05. The highest BCUT2D eigenvalue weighted by Crippen LogP contribution is 2.37. The van der Waals surface area contributed by atoms with Crippen LogP contribution in [0.4, 0.5) is 18.9 Å². The SMILES string of the molecule is Cc1ccc(CN2CCC(Nc3cccc4cnccc34)C2)cc1OCCC(CCC=CC[C@@H]1[C@@H](C=CC(O)COc2cccc(C(F)(F)F)c2)[C@H](O)C[C@@H]1O)C(=O)O. The van der Waals surface area contributed by atoms with Crippen LogP contribution < -0.4 is 14.8 Å². The summed E-state index contributed by atoms with van der Waals surface area (Å²) in [7, 11) is 0. The summed E-state index contributed by atoms with van der Waals surface area (Å²) in [5.41, 5.74) is 2.39. The predicted molar refractivity (Wildman–Crippen MR) is 220 cm³/mol. The van der Waals surface area contributed by atoms with Gasteiger partial charge in [-0.3, -0.25) is 14.7 Å². The number of halogens is 3. The van der Waals surface area contributed by atoms with E-state index in [1.165, 1.54) is 18.2 Å². The van der Waals surface area contributed by atoms with Gasteiger partial charge in [-0.15, -0.1) is 0 Å². The summed E-state index contributed by atoms with van der Waals surface area (Å²) >= 11 is 0. The number of rotatable bonds is 19. The number of aliphatic hydroxyl groups excluding tert-OH is 3. The zero-order chi connectivity index (χ0) is 41.9. The van der Waals surface area contributed by atoms with Gasteiger partial charge in [-0.05, 0) is 92.5 Å². The van der Waals surface area contributed by atoms with Crippen LogP contribution in [-0.4, -0.2) is 86.9 Å². The number of alkyl halides is 3. The molecule has 316 valence electrons. The number of likely N-dealkylation sites (tertiary alicyclic amines) is 1. The molecule has 2 heterocycles. The second-order valence-corrected chi connectivity index (χ2v) is 15.7. The summed E-state index contributed by atoms with van der Waals surface area (Å²) in [4.78, 5) is 18.8. The maximum absolute atomic E-state index is 13.0. The first-order valence-corrected chi connectivity index (χ1v) is 20.3. The maximum atomic E-state index is 13.0. The number of aliphatic hydroxyl groups is 3. The first-order valence-electron chi connectivity index (χ1n) is 20.3. The molecule has 2 fully saturated rings. The molecule has 3 aromatic carbocycles. The molecule has 13 heteroatoms. The topological polar surface area (TPSA) is 145 Å². The summed E-state index contributed by atoms with van der Waals surface area (Å²) in [6.45, 7) is 4.63. The van der Waals surface area contributed by atoms with Gasteiger partial charge in [0.2, 0.25) is 0 Å². The zero-order valence-electron chi connectivity index (χ0n) is 33.2. The molecule has 0 bridgehead atoms. The third-order valence-corrected chi connectivity index (χ3v) is 11.4. The van der Waals surface area contributed by atoms with Crippen molar-refractivity contribution in [1.82, 2.24) is 9.88 Å². The van der Waals surface area contributed by atoms with Crippen molar-refractivity contribution in [3.8, 4) is 11.5 Å². The number of pyridine rings is 1. The minimum atomic E-state index is -4.52. The molecule has 6 rings (SSSR count). The Hall–Kier alpha value is -4.95. The lowest BCUT2D eigenvalue weighted by Crippen LogP contribution is -2.26. The Balaban J connectivity index is 0.923. The van der Waals surface area contributed by atoms with Gasteiger partial charge >= 0.3 is 12.1 Å². The Labute approximate surface area is 343 Å². The number of carboxylic acid groups (broad SMARTS) is 1. The molecule has 1 aliphatic heterocycles. The molecule has 10 nitrogen and oxygen atoms in total. The van der Waals surface area contributed by atoms with Crippen LogP contribution in [0.15, 0.2) is 103 Å². The summed E-state index contributed by atoms with van der Waals surface area (Å²) < 4.78 is 50.5. The number of hydrogen-bond donors (Lipinski definition) is 5. The van der Waals surface area contributed by atoms with Crippen molar-refractivity contribution in [1.29, 1.82) is 0 Å². The van der Waals surface area contributed by atoms with Crippen LogP contribution >= 0.6 is 0 Å². The number of allylic oxidation sites excluding steroid dienone is 2. The second kappa shape index (κ2) is 20.3. The van der Waals surface area contributed by atoms with Gasteiger partial charge in [-0.1, -0.05) is 54.6 Å². The average molecular weight is 818 g/mol. The van der Waals surface area contributed by atoms with E-state index in [1.54, 1.807) is 6.08 Å². The van der Waals surface area contributed by atoms with E-state index in [1.807, 2.05) is 49.7 Å². The van der Waals surface area contributed by atoms with Crippen LogP contribution in [-0.2, 0) is 17.5 Å². The normalized spacial score (nSPS) is 22.3. The van der Waals surface area contributed by atoms with Crippen molar-refractivity contribution in [2.24, 2.45) is 17.8 Å². The first-order chi connectivity index (χ1) is 28.3. The Bertz CT molecular complexity index is 2050. The molecule has 0 spiro atoms. The van der Waals surface area contributed by atoms with Crippen LogP contribution in [0.3, 0.4) is 0 Å². The van der Waals surface area contributed by atoms with E-state index in [9.17, 15) is 38.4 Å². The van der Waals surface area contributed by atoms with Gasteiger partial charge in [-0.2, -0.15) is 13.2 Å². The summed E-state index contributed by atoms with van der Waals surface area (Å²) in [6, 6.07) is 19.2. The third-order valence-electron chi connectivity index (χ3n) is 11.4. The van der Waals surface area contributed by atoms with Gasteiger partial charge in [0.25, 0.3) is 0 Å². The van der Waals surface area contributed by atoms with Crippen molar-refractivity contribution < 1.29 is 47.9 Å². The number of benzene rings is 3. The van der Waals surface area contributed by atoms with E-state index in [-0.39, 0.29) is 31.3 Å². The number of carboxylic acids is 1. The number of carbonyl (C=O) groups is 1. The van der Waals surface area contributed by atoms with Crippen molar-refractivity contribution in [3.63, 3.8) is 0 Å². The highest BCUT2D eigenvalue weighted by molar-refractivity contribution is 5.93. The van der Waals surface area contributed by atoms with Crippen LogP contribution in [0, 0.1) is 24.7 Å². The minimum Gasteiger partial charge on any atom is -0.493 e. The quantitative estimate of drug-likeness (QED) is 0.0595. The molecule has 59 heavy (non-hydrogen) atoms. The molecular weight excluding hydrogens is 764 g/mol. The van der Waals surface area contributed by atoms with Gasteiger partial charge in [0.15, 0.2) is 0 Å². The standard InChI is InChI=1S/C46H54F3N3O7/c1-30-13-14-31(27-52-21-18-35(28-52)51-41-12-5-8-33-26-50-20-17-38(33)41)23-44(30)58-22-19-32(45(56)57)7-3-2-4-11-39-40(43(55)25-42(39)54)16-15-36(53)29-59-37-10-6-9-34(24-37)46(47,48)49/h2,4-6,8-10,12-17,20,23-24,26,32,35-36,39-40,42-43,51,53-55H,3,7,11,18-19,21-22,25,27-29H2,1H3,(H,56,57)/t32?,35?,36?,39-,40-,42+,43-/m1/s1. The Morgan fingerprint density at radius 2 is 1.86 bits per heavy atom. The lowest BCUT2D eigenvalue weighted by Gasteiger charge is -2.20. The van der Waals surface area contributed by atoms with Gasteiger partial charge in [-0.25, -0.2) is 0 Å². The monoisotopic (exact) mass is 817 g/mol. The molecule has 3 unspecified atom stereocenters. The molecular formula is C46H54F3N3O7. The highest BCUT2D eigenvalue weighted by atomic mass is 19.4. The smallest absolute Gasteiger partial charge is 0.416 e. The number of fused-ring (bicyclic) bond motifs is 1. The molecule has 0 amide bonds. The van der Waals surface area contributed by atoms with E-state index in [4.69, 9.17) is 9.47 Å². The number of aromatic nitrogens is 1. The Morgan fingerprint density at radius 1 is 1.03 bits per heavy atom. The number of anilines is 1. The second-order valence-electron chi connectivity index (χ2n) is 15.7. The zero-order valence-corrected chi connectivity index (χ0v) is 33.2. The van der Waals surface area contributed by atoms with Gasteiger partial charge in [0, 0.05) is 66.9 Å². The number of aliphatic carboxylic acids is 1. The van der Waals surface area contributed by atoms with Crippen LogP contribution in [0.1, 0.15) is 55.2 Å². The fraction of sp³-hybridized carbons (Fsp3) is 0.435. The van der Waals surface area contributed by atoms with E-state index in [2.05, 4.69) is 39.5 Å². The van der Waals surface area contributed by atoms with Crippen molar-refractivity contribution >= 4 is 22.4 Å². The predicted octanol–water partition coefficient (Wildman–Crippen LogP) is 7.80. The van der Waals surface area contributed by atoms with Crippen LogP contribution in [0.2, 0.25) is 0 Å². The number of nitrogens with one attached hydrogen (secondary N) is 1. The fourth-order valence-electron chi connectivity index (χ4n) is 8.05. The van der Waals surface area contributed by atoms with E-state index in [0.717, 1.165) is 71.5 Å². The molecule has 0 radical (unpaired) electrons. The number of aryl methyl sites for hydroxylation is 1. The average Bonchev–Trinajstić information content (AvgIpc) is 3.76. The summed E-state index contributed by atoms with van der Waals surface area (Å²) in [6.07, 6.45) is 6.09.